The molecule has 2 amide bonds. The molecule has 1 fully saturated rings. The fraction of sp³-hybridized carbons (Fsp3) is 0.263. The zero-order chi connectivity index (χ0) is 16.9. The Morgan fingerprint density at radius 1 is 0.792 bits per heavy atom. The van der Waals surface area contributed by atoms with Gasteiger partial charge in [-0.05, 0) is 23.3 Å². The summed E-state index contributed by atoms with van der Waals surface area (Å²) >= 11 is 0. The number of nitrogens with zero attached hydrogens (tertiary/aromatic N) is 2. The van der Waals surface area contributed by atoms with E-state index < -0.39 is 0 Å². The molecule has 5 heteroatoms. The molecule has 0 unspecified atom stereocenters. The molecule has 0 atom stereocenters. The first-order valence-electron chi connectivity index (χ1n) is 7.96. The van der Waals surface area contributed by atoms with Gasteiger partial charge in [0.1, 0.15) is 0 Å². The highest BCUT2D eigenvalue weighted by molar-refractivity contribution is 5.94. The molecule has 5 nitrogen and oxygen atoms in total. The highest BCUT2D eigenvalue weighted by Gasteiger charge is 2.25. The molecule has 124 valence electrons. The molecule has 1 heterocycles. The van der Waals surface area contributed by atoms with E-state index >= 15 is 0 Å². The number of hydrogen-bond donors (Lipinski definition) is 0. The molecule has 24 heavy (non-hydrogen) atoms. The van der Waals surface area contributed by atoms with Gasteiger partial charge in [0, 0.05) is 31.7 Å². The normalized spacial score (nSPS) is 14.4. The maximum atomic E-state index is 12.6. The van der Waals surface area contributed by atoms with Gasteiger partial charge in [0.05, 0.1) is 7.11 Å². The van der Waals surface area contributed by atoms with E-state index in [1.807, 2.05) is 54.6 Å². The van der Waals surface area contributed by atoms with Gasteiger partial charge in [0.2, 0.25) is 0 Å². The Labute approximate surface area is 141 Å². The van der Waals surface area contributed by atoms with Crippen molar-refractivity contribution in [1.82, 2.24) is 9.80 Å². The first-order chi connectivity index (χ1) is 11.7. The maximum Gasteiger partial charge on any atom is 0.409 e. The molecule has 0 aromatic heterocycles. The van der Waals surface area contributed by atoms with Crippen LogP contribution in [-0.2, 0) is 4.74 Å². The molecule has 1 aliphatic rings. The SMILES string of the molecule is COC(=O)N1CCN(C(=O)c2ccc(-c3ccccc3)cc2)CC1. The largest absolute Gasteiger partial charge is 0.453 e. The summed E-state index contributed by atoms with van der Waals surface area (Å²) in [5, 5.41) is 0. The summed E-state index contributed by atoms with van der Waals surface area (Å²) in [5.74, 6) is -0.000808. The Morgan fingerprint density at radius 3 is 1.92 bits per heavy atom. The number of carbonyl (C=O) groups excluding carboxylic acids is 2. The third-order valence-corrected chi connectivity index (χ3v) is 4.24. The third-order valence-electron chi connectivity index (χ3n) is 4.24. The maximum absolute atomic E-state index is 12.6. The lowest BCUT2D eigenvalue weighted by Crippen LogP contribution is -2.50. The monoisotopic (exact) mass is 324 g/mol. The summed E-state index contributed by atoms with van der Waals surface area (Å²) in [6, 6.07) is 17.7. The minimum Gasteiger partial charge on any atom is -0.453 e. The number of rotatable bonds is 2. The number of methoxy groups -OCH3 is 1. The Morgan fingerprint density at radius 2 is 1.33 bits per heavy atom. The number of ether oxygens (including phenoxy) is 1. The van der Waals surface area contributed by atoms with Crippen molar-refractivity contribution in [2.45, 2.75) is 0 Å². The van der Waals surface area contributed by atoms with Crippen LogP contribution in [0.25, 0.3) is 11.1 Å². The van der Waals surface area contributed by atoms with Gasteiger partial charge < -0.3 is 14.5 Å². The van der Waals surface area contributed by atoms with Gasteiger partial charge in [0.15, 0.2) is 0 Å². The molecular weight excluding hydrogens is 304 g/mol. The Hall–Kier alpha value is -2.82. The number of amides is 2. The summed E-state index contributed by atoms with van der Waals surface area (Å²) in [4.78, 5) is 27.5. The lowest BCUT2D eigenvalue weighted by molar-refractivity contribution is 0.0599. The van der Waals surface area contributed by atoms with Crippen LogP contribution in [0.2, 0.25) is 0 Å². The molecule has 2 aromatic rings. The Bertz CT molecular complexity index is 705. The molecule has 0 saturated carbocycles. The lowest BCUT2D eigenvalue weighted by Gasteiger charge is -2.33. The lowest BCUT2D eigenvalue weighted by atomic mass is 10.0. The van der Waals surface area contributed by atoms with E-state index in [2.05, 4.69) is 0 Å². The molecule has 3 rings (SSSR count). The first-order valence-corrected chi connectivity index (χ1v) is 7.96. The molecular formula is C19H20N2O3. The second kappa shape index (κ2) is 7.17. The predicted octanol–water partition coefficient (Wildman–Crippen LogP) is 2.88. The predicted molar refractivity (Wildman–Crippen MR) is 91.8 cm³/mol. The minimum atomic E-state index is -0.339. The van der Waals surface area contributed by atoms with E-state index in [4.69, 9.17) is 4.74 Å². The van der Waals surface area contributed by atoms with Gasteiger partial charge in [-0.25, -0.2) is 4.79 Å². The average molecular weight is 324 g/mol. The quantitative estimate of drug-likeness (QED) is 0.853. The van der Waals surface area contributed by atoms with Crippen molar-refractivity contribution >= 4 is 12.0 Å². The summed E-state index contributed by atoms with van der Waals surface area (Å²) < 4.78 is 4.71. The van der Waals surface area contributed by atoms with Crippen molar-refractivity contribution in [1.29, 1.82) is 0 Å². The van der Waals surface area contributed by atoms with E-state index in [-0.39, 0.29) is 12.0 Å². The van der Waals surface area contributed by atoms with Crippen molar-refractivity contribution in [3.05, 3.63) is 60.2 Å². The zero-order valence-electron chi connectivity index (χ0n) is 13.6. The van der Waals surface area contributed by atoms with E-state index in [1.54, 1.807) is 9.80 Å². The highest BCUT2D eigenvalue weighted by atomic mass is 16.5. The molecule has 0 aliphatic carbocycles. The van der Waals surface area contributed by atoms with Gasteiger partial charge in [-0.3, -0.25) is 4.79 Å². The topological polar surface area (TPSA) is 49.9 Å². The standard InChI is InChI=1S/C19H20N2O3/c1-24-19(23)21-13-11-20(12-14-21)18(22)17-9-7-16(8-10-17)15-5-3-2-4-6-15/h2-10H,11-14H2,1H3. The molecule has 0 spiro atoms. The molecule has 1 saturated heterocycles. The second-order valence-corrected chi connectivity index (χ2v) is 5.69. The molecule has 2 aromatic carbocycles. The van der Waals surface area contributed by atoms with Gasteiger partial charge in [-0.2, -0.15) is 0 Å². The summed E-state index contributed by atoms with van der Waals surface area (Å²) in [7, 11) is 1.37. The molecule has 1 aliphatic heterocycles. The van der Waals surface area contributed by atoms with Gasteiger partial charge >= 0.3 is 6.09 Å². The van der Waals surface area contributed by atoms with Gasteiger partial charge in [-0.15, -0.1) is 0 Å². The van der Waals surface area contributed by atoms with Crippen LogP contribution in [0.15, 0.2) is 54.6 Å². The van der Waals surface area contributed by atoms with Crippen LogP contribution in [0.5, 0.6) is 0 Å². The Kier molecular flexibility index (Phi) is 4.79. The summed E-state index contributed by atoms with van der Waals surface area (Å²) in [5.41, 5.74) is 2.88. The molecule has 0 N–H and O–H groups in total. The third kappa shape index (κ3) is 3.40. The van der Waals surface area contributed by atoms with Crippen LogP contribution < -0.4 is 0 Å². The minimum absolute atomic E-state index is 0.000808. The highest BCUT2D eigenvalue weighted by Crippen LogP contribution is 2.20. The molecule has 0 bridgehead atoms. The van der Waals surface area contributed by atoms with Crippen LogP contribution in [0.1, 0.15) is 10.4 Å². The van der Waals surface area contributed by atoms with Crippen molar-refractivity contribution in [2.24, 2.45) is 0 Å². The molecule has 0 radical (unpaired) electrons. The summed E-state index contributed by atoms with van der Waals surface area (Å²) in [6.07, 6.45) is -0.339. The van der Waals surface area contributed by atoms with Crippen molar-refractivity contribution in [3.63, 3.8) is 0 Å². The van der Waals surface area contributed by atoms with E-state index in [9.17, 15) is 9.59 Å². The number of carbonyl (C=O) groups is 2. The second-order valence-electron chi connectivity index (χ2n) is 5.69. The smallest absolute Gasteiger partial charge is 0.409 e. The van der Waals surface area contributed by atoms with Crippen LogP contribution in [0, 0.1) is 0 Å². The van der Waals surface area contributed by atoms with Gasteiger partial charge in [0.25, 0.3) is 5.91 Å². The van der Waals surface area contributed by atoms with E-state index in [1.165, 1.54) is 7.11 Å². The van der Waals surface area contributed by atoms with Crippen molar-refractivity contribution in [3.8, 4) is 11.1 Å². The van der Waals surface area contributed by atoms with Crippen LogP contribution >= 0.6 is 0 Å². The number of hydrogen-bond acceptors (Lipinski definition) is 3. The number of benzene rings is 2. The fourth-order valence-electron chi connectivity index (χ4n) is 2.84. The number of piperazine rings is 1. The first kappa shape index (κ1) is 16.1. The van der Waals surface area contributed by atoms with Crippen molar-refractivity contribution in [2.75, 3.05) is 33.3 Å². The van der Waals surface area contributed by atoms with Crippen LogP contribution in [-0.4, -0.2) is 55.1 Å². The van der Waals surface area contributed by atoms with E-state index in [0.29, 0.717) is 31.7 Å². The Balaban J connectivity index is 1.65. The zero-order valence-corrected chi connectivity index (χ0v) is 13.6. The van der Waals surface area contributed by atoms with Gasteiger partial charge in [-0.1, -0.05) is 42.5 Å². The fourth-order valence-corrected chi connectivity index (χ4v) is 2.84. The average Bonchev–Trinajstić information content (AvgIpc) is 2.68. The summed E-state index contributed by atoms with van der Waals surface area (Å²) in [6.45, 7) is 2.05. The van der Waals surface area contributed by atoms with Crippen molar-refractivity contribution < 1.29 is 14.3 Å². The van der Waals surface area contributed by atoms with Crippen LogP contribution in [0.3, 0.4) is 0 Å². The van der Waals surface area contributed by atoms with Crippen LogP contribution in [0.4, 0.5) is 4.79 Å². The van der Waals surface area contributed by atoms with E-state index in [0.717, 1.165) is 11.1 Å².